The molecule has 0 aromatic heterocycles. The number of piperidine rings is 1. The van der Waals surface area contributed by atoms with Gasteiger partial charge < -0.3 is 0 Å². The van der Waals surface area contributed by atoms with Gasteiger partial charge in [-0.05, 0) is 57.9 Å². The number of hydrogen-bond donors (Lipinski definition) is 0. The molecule has 0 N–H and O–H groups in total. The second-order valence-corrected chi connectivity index (χ2v) is 8.04. The normalized spacial score (nSPS) is 34.6. The maximum absolute atomic E-state index is 2.90. The number of hydrogen-bond acceptors (Lipinski definition) is 2. The average Bonchev–Trinajstić information content (AvgIpc) is 3.21. The van der Waals surface area contributed by atoms with Gasteiger partial charge in [0.05, 0.1) is 0 Å². The molecule has 3 rings (SSSR count). The van der Waals surface area contributed by atoms with Crippen molar-refractivity contribution in [3.8, 4) is 0 Å². The molecule has 2 unspecified atom stereocenters. The van der Waals surface area contributed by atoms with Crippen LogP contribution in [0.2, 0.25) is 0 Å². The standard InChI is InChI=1S/C17H32N2/c1-13(2)16-12-18-10-6-5-7-15(18)11-19(16)17(3,4)14-8-9-14/h13-16H,5-12H2,1-4H3. The quantitative estimate of drug-likeness (QED) is 0.771. The number of fused-ring (bicyclic) bond motifs is 1. The van der Waals surface area contributed by atoms with E-state index < -0.39 is 0 Å². The summed E-state index contributed by atoms with van der Waals surface area (Å²) in [6, 6.07) is 1.62. The van der Waals surface area contributed by atoms with Crippen molar-refractivity contribution >= 4 is 0 Å². The molecule has 2 saturated heterocycles. The van der Waals surface area contributed by atoms with Gasteiger partial charge in [0.15, 0.2) is 0 Å². The molecular formula is C17H32N2. The topological polar surface area (TPSA) is 6.48 Å². The number of nitrogens with zero attached hydrogens (tertiary/aromatic N) is 2. The lowest BCUT2D eigenvalue weighted by molar-refractivity contribution is -0.0636. The highest BCUT2D eigenvalue weighted by molar-refractivity contribution is 5.03. The van der Waals surface area contributed by atoms with Crippen molar-refractivity contribution in [1.29, 1.82) is 0 Å². The van der Waals surface area contributed by atoms with Crippen LogP contribution in [0.15, 0.2) is 0 Å². The fourth-order valence-corrected chi connectivity index (χ4v) is 4.47. The van der Waals surface area contributed by atoms with Gasteiger partial charge in [-0.2, -0.15) is 0 Å². The zero-order chi connectivity index (χ0) is 13.6. The summed E-state index contributed by atoms with van der Waals surface area (Å²) < 4.78 is 0. The van der Waals surface area contributed by atoms with Crippen molar-refractivity contribution in [3.05, 3.63) is 0 Å². The second-order valence-electron chi connectivity index (χ2n) is 8.04. The lowest BCUT2D eigenvalue weighted by atomic mass is 9.85. The molecule has 0 spiro atoms. The molecule has 0 aromatic rings. The molecule has 2 aliphatic heterocycles. The molecule has 1 saturated carbocycles. The predicted octanol–water partition coefficient (Wildman–Crippen LogP) is 3.37. The number of piperazine rings is 1. The Balaban J connectivity index is 1.79. The Morgan fingerprint density at radius 3 is 2.37 bits per heavy atom. The molecule has 2 nitrogen and oxygen atoms in total. The molecule has 0 aromatic carbocycles. The largest absolute Gasteiger partial charge is 0.298 e. The summed E-state index contributed by atoms with van der Waals surface area (Å²) in [6.07, 6.45) is 7.23. The fraction of sp³-hybridized carbons (Fsp3) is 1.00. The molecule has 2 heterocycles. The van der Waals surface area contributed by atoms with E-state index >= 15 is 0 Å². The molecule has 1 aliphatic carbocycles. The minimum absolute atomic E-state index is 0.429. The summed E-state index contributed by atoms with van der Waals surface area (Å²) in [5, 5.41) is 0. The van der Waals surface area contributed by atoms with E-state index in [1.165, 1.54) is 51.7 Å². The fourth-order valence-electron chi connectivity index (χ4n) is 4.47. The highest BCUT2D eigenvalue weighted by atomic mass is 15.3. The first kappa shape index (κ1) is 13.9. The highest BCUT2D eigenvalue weighted by Crippen LogP contribution is 2.45. The van der Waals surface area contributed by atoms with Crippen LogP contribution in [0.3, 0.4) is 0 Å². The molecule has 0 bridgehead atoms. The monoisotopic (exact) mass is 264 g/mol. The summed E-state index contributed by atoms with van der Waals surface area (Å²) in [6.45, 7) is 13.9. The molecule has 110 valence electrons. The van der Waals surface area contributed by atoms with Gasteiger partial charge >= 0.3 is 0 Å². The van der Waals surface area contributed by atoms with Crippen LogP contribution in [-0.2, 0) is 0 Å². The van der Waals surface area contributed by atoms with Crippen LogP contribution < -0.4 is 0 Å². The van der Waals surface area contributed by atoms with Crippen molar-refractivity contribution in [2.75, 3.05) is 19.6 Å². The molecule has 0 radical (unpaired) electrons. The summed E-state index contributed by atoms with van der Waals surface area (Å²) in [4.78, 5) is 5.70. The van der Waals surface area contributed by atoms with E-state index in [1.807, 2.05) is 0 Å². The molecule has 3 fully saturated rings. The van der Waals surface area contributed by atoms with Gasteiger partial charge in [-0.15, -0.1) is 0 Å². The second kappa shape index (κ2) is 5.04. The predicted molar refractivity (Wildman–Crippen MR) is 81.3 cm³/mol. The molecular weight excluding hydrogens is 232 g/mol. The molecule has 3 aliphatic rings. The van der Waals surface area contributed by atoms with Gasteiger partial charge in [0, 0.05) is 30.7 Å². The Morgan fingerprint density at radius 1 is 1.00 bits per heavy atom. The first-order chi connectivity index (χ1) is 9.00. The minimum Gasteiger partial charge on any atom is -0.298 e. The van der Waals surface area contributed by atoms with E-state index in [1.54, 1.807) is 0 Å². The van der Waals surface area contributed by atoms with Crippen molar-refractivity contribution in [2.24, 2.45) is 11.8 Å². The zero-order valence-electron chi connectivity index (χ0n) is 13.4. The summed E-state index contributed by atoms with van der Waals surface area (Å²) in [5.41, 5.74) is 0.429. The van der Waals surface area contributed by atoms with E-state index in [4.69, 9.17) is 0 Å². The number of rotatable bonds is 3. The van der Waals surface area contributed by atoms with Crippen LogP contribution in [-0.4, -0.2) is 47.1 Å². The molecule has 0 amide bonds. The maximum Gasteiger partial charge on any atom is 0.0252 e. The average molecular weight is 264 g/mol. The lowest BCUT2D eigenvalue weighted by Gasteiger charge is -2.55. The van der Waals surface area contributed by atoms with E-state index in [0.717, 1.165) is 23.9 Å². The Kier molecular flexibility index (Phi) is 3.68. The summed E-state index contributed by atoms with van der Waals surface area (Å²) in [5.74, 6) is 1.74. The van der Waals surface area contributed by atoms with Crippen LogP contribution >= 0.6 is 0 Å². The smallest absolute Gasteiger partial charge is 0.0252 e. The molecule has 2 atom stereocenters. The van der Waals surface area contributed by atoms with Gasteiger partial charge in [-0.1, -0.05) is 20.3 Å². The Labute approximate surface area is 119 Å². The van der Waals surface area contributed by atoms with Crippen molar-refractivity contribution < 1.29 is 0 Å². The van der Waals surface area contributed by atoms with Crippen molar-refractivity contribution in [2.45, 2.75) is 77.4 Å². The summed E-state index contributed by atoms with van der Waals surface area (Å²) >= 11 is 0. The van der Waals surface area contributed by atoms with Crippen molar-refractivity contribution in [1.82, 2.24) is 9.80 Å². The third kappa shape index (κ3) is 2.58. The van der Waals surface area contributed by atoms with Gasteiger partial charge in [0.25, 0.3) is 0 Å². The Hall–Kier alpha value is -0.0800. The van der Waals surface area contributed by atoms with Crippen LogP contribution in [0, 0.1) is 11.8 Å². The first-order valence-electron chi connectivity index (χ1n) is 8.51. The van der Waals surface area contributed by atoms with Crippen molar-refractivity contribution in [3.63, 3.8) is 0 Å². The van der Waals surface area contributed by atoms with E-state index in [-0.39, 0.29) is 0 Å². The maximum atomic E-state index is 2.90. The van der Waals surface area contributed by atoms with Crippen LogP contribution in [0.1, 0.15) is 59.8 Å². The van der Waals surface area contributed by atoms with Crippen LogP contribution in [0.25, 0.3) is 0 Å². The third-order valence-corrected chi connectivity index (χ3v) is 6.06. The molecule has 2 heteroatoms. The van der Waals surface area contributed by atoms with Crippen LogP contribution in [0.5, 0.6) is 0 Å². The van der Waals surface area contributed by atoms with Crippen LogP contribution in [0.4, 0.5) is 0 Å². The van der Waals surface area contributed by atoms with E-state index in [2.05, 4.69) is 37.5 Å². The minimum atomic E-state index is 0.429. The highest BCUT2D eigenvalue weighted by Gasteiger charge is 2.48. The SMILES string of the molecule is CC(C)C1CN2CCCCC2CN1C(C)(C)C1CC1. The van der Waals surface area contributed by atoms with Gasteiger partial charge in [0.1, 0.15) is 0 Å². The molecule has 19 heavy (non-hydrogen) atoms. The van der Waals surface area contributed by atoms with Gasteiger partial charge in [-0.25, -0.2) is 0 Å². The zero-order valence-corrected chi connectivity index (χ0v) is 13.4. The lowest BCUT2D eigenvalue weighted by Crippen LogP contribution is -2.66. The Bertz CT molecular complexity index is 319. The van der Waals surface area contributed by atoms with Gasteiger partial charge in [-0.3, -0.25) is 9.80 Å². The van der Waals surface area contributed by atoms with Gasteiger partial charge in [0.2, 0.25) is 0 Å². The Morgan fingerprint density at radius 2 is 1.74 bits per heavy atom. The first-order valence-corrected chi connectivity index (χ1v) is 8.51. The summed E-state index contributed by atoms with van der Waals surface area (Å²) in [7, 11) is 0. The van der Waals surface area contributed by atoms with E-state index in [0.29, 0.717) is 5.54 Å². The third-order valence-electron chi connectivity index (χ3n) is 6.06. The van der Waals surface area contributed by atoms with E-state index in [9.17, 15) is 0 Å².